The minimum atomic E-state index is -0.351. The largest absolute Gasteiger partial charge is 0.465 e. The highest BCUT2D eigenvalue weighted by atomic mass is 32.2. The van der Waals surface area contributed by atoms with E-state index < -0.39 is 0 Å². The Morgan fingerprint density at radius 2 is 1.43 bits per heavy atom. The maximum Gasteiger partial charge on any atom is 0.337 e. The number of carbonyl (C=O) groups is 1. The Hall–Kier alpha value is -3.99. The van der Waals surface area contributed by atoms with Crippen LogP contribution in [0.15, 0.2) is 101 Å². The number of ether oxygens (including phenoxy) is 5. The molecule has 0 N–H and O–H groups in total. The molecule has 46 heavy (non-hydrogen) atoms. The lowest BCUT2D eigenvalue weighted by Gasteiger charge is -2.15. The number of pyridine rings is 1. The van der Waals surface area contributed by atoms with Crippen molar-refractivity contribution in [3.05, 3.63) is 113 Å². The molecule has 0 unspecified atom stereocenters. The zero-order valence-electron chi connectivity index (χ0n) is 26.6. The van der Waals surface area contributed by atoms with E-state index in [-0.39, 0.29) is 5.97 Å². The van der Waals surface area contributed by atoms with Gasteiger partial charge in [-0.3, -0.25) is 0 Å². The van der Waals surface area contributed by atoms with Crippen molar-refractivity contribution in [2.24, 2.45) is 0 Å². The van der Waals surface area contributed by atoms with Crippen molar-refractivity contribution < 1.29 is 33.0 Å². The van der Waals surface area contributed by atoms with Gasteiger partial charge in [-0.25, -0.2) is 4.79 Å². The van der Waals surface area contributed by atoms with Crippen LogP contribution < -0.4 is 9.47 Å². The van der Waals surface area contributed by atoms with Crippen LogP contribution in [0, 0.1) is 0 Å². The van der Waals surface area contributed by atoms with Gasteiger partial charge < -0.3 is 28.6 Å². The summed E-state index contributed by atoms with van der Waals surface area (Å²) < 4.78 is 29.0. The van der Waals surface area contributed by atoms with E-state index in [1.54, 1.807) is 18.9 Å². The molecule has 1 aliphatic heterocycles. The fourth-order valence-electron chi connectivity index (χ4n) is 5.15. The predicted octanol–water partition coefficient (Wildman–Crippen LogP) is 6.23. The van der Waals surface area contributed by atoms with Crippen LogP contribution >= 0.6 is 11.8 Å². The Balaban J connectivity index is 1.34. The van der Waals surface area contributed by atoms with E-state index in [9.17, 15) is 4.79 Å². The van der Waals surface area contributed by atoms with Crippen LogP contribution in [0.2, 0.25) is 0 Å². The summed E-state index contributed by atoms with van der Waals surface area (Å²) >= 11 is 1.75. The molecule has 240 valence electrons. The van der Waals surface area contributed by atoms with Crippen LogP contribution in [0.1, 0.15) is 21.5 Å². The molecule has 0 fully saturated rings. The van der Waals surface area contributed by atoms with Crippen molar-refractivity contribution in [2.75, 3.05) is 72.4 Å². The fourth-order valence-corrected chi connectivity index (χ4v) is 6.25. The van der Waals surface area contributed by atoms with Gasteiger partial charge in [0.2, 0.25) is 5.52 Å². The second-order valence-electron chi connectivity index (χ2n) is 10.6. The average Bonchev–Trinajstić information content (AvgIpc) is 3.41. The smallest absolute Gasteiger partial charge is 0.337 e. The summed E-state index contributed by atoms with van der Waals surface area (Å²) in [5.41, 5.74) is 5.96. The quantitative estimate of drug-likeness (QED) is 0.0810. The van der Waals surface area contributed by atoms with Crippen molar-refractivity contribution in [2.45, 2.75) is 11.4 Å². The predicted molar refractivity (Wildman–Crippen MR) is 183 cm³/mol. The number of thioether (sulfide) groups is 1. The molecule has 0 bridgehead atoms. The lowest BCUT2D eigenvalue weighted by Crippen LogP contribution is -2.36. The molecule has 0 saturated carbocycles. The van der Waals surface area contributed by atoms with Gasteiger partial charge in [0, 0.05) is 31.2 Å². The summed E-state index contributed by atoms with van der Waals surface area (Å²) in [7, 11) is 5.15. The van der Waals surface area contributed by atoms with Crippen molar-refractivity contribution in [1.82, 2.24) is 0 Å². The van der Waals surface area contributed by atoms with Gasteiger partial charge >= 0.3 is 5.97 Å². The average molecular weight is 642 g/mol. The van der Waals surface area contributed by atoms with Crippen LogP contribution in [0.4, 0.5) is 5.69 Å². The summed E-state index contributed by atoms with van der Waals surface area (Å²) in [5.74, 6) is -0.351. The van der Waals surface area contributed by atoms with E-state index >= 15 is 0 Å². The van der Waals surface area contributed by atoms with Crippen molar-refractivity contribution in [3.63, 3.8) is 0 Å². The molecule has 5 rings (SSSR count). The zero-order chi connectivity index (χ0) is 32.1. The van der Waals surface area contributed by atoms with E-state index in [2.05, 4.69) is 89.5 Å². The van der Waals surface area contributed by atoms with Gasteiger partial charge in [0.1, 0.15) is 6.61 Å². The summed E-state index contributed by atoms with van der Waals surface area (Å²) in [6, 6.07) is 26.6. The summed E-state index contributed by atoms with van der Waals surface area (Å²) in [6.07, 6.45) is 6.55. The number of allylic oxidation sites excluding steroid dienone is 2. The Bertz CT molecular complexity index is 1670. The molecule has 0 radical (unpaired) electrons. The van der Waals surface area contributed by atoms with Gasteiger partial charge in [0.05, 0.1) is 68.4 Å². The number of rotatable bonds is 16. The van der Waals surface area contributed by atoms with Crippen LogP contribution in [-0.2, 0) is 30.2 Å². The van der Waals surface area contributed by atoms with Gasteiger partial charge in [0.25, 0.3) is 0 Å². The van der Waals surface area contributed by atoms with Crippen LogP contribution in [0.5, 0.6) is 0 Å². The molecular weight excluding hydrogens is 600 g/mol. The highest BCUT2D eigenvalue weighted by Gasteiger charge is 2.22. The molecule has 3 aromatic carbocycles. The van der Waals surface area contributed by atoms with E-state index in [4.69, 9.17) is 23.7 Å². The number of methoxy groups -OCH3 is 2. The monoisotopic (exact) mass is 641 g/mol. The molecule has 4 aromatic rings. The first kappa shape index (κ1) is 33.4. The van der Waals surface area contributed by atoms with Crippen molar-refractivity contribution >= 4 is 46.0 Å². The first-order valence-corrected chi connectivity index (χ1v) is 16.2. The first-order chi connectivity index (χ1) is 22.6. The molecule has 0 aliphatic carbocycles. The van der Waals surface area contributed by atoms with Gasteiger partial charge in [-0.05, 0) is 59.2 Å². The number of nitrogens with zero attached hydrogens (tertiary/aromatic N) is 2. The zero-order valence-corrected chi connectivity index (χ0v) is 27.5. The van der Waals surface area contributed by atoms with Gasteiger partial charge in [-0.2, -0.15) is 4.57 Å². The highest BCUT2D eigenvalue weighted by Crippen LogP contribution is 2.45. The molecule has 0 amide bonds. The lowest BCUT2D eigenvalue weighted by molar-refractivity contribution is -0.673. The van der Waals surface area contributed by atoms with Gasteiger partial charge in [0.15, 0.2) is 12.7 Å². The second-order valence-corrected chi connectivity index (χ2v) is 11.7. The normalized spacial score (nSPS) is 13.8. The van der Waals surface area contributed by atoms with Crippen LogP contribution in [-0.4, -0.2) is 73.5 Å². The fraction of sp³-hybridized carbons (Fsp3) is 0.297. The van der Waals surface area contributed by atoms with E-state index in [0.717, 1.165) is 39.2 Å². The standard InChI is InChI=1S/C37H41N2O6S/c1-38-34-10-6-7-11-35(34)46-36(38)27-31(28-12-14-29(15-13-28)37(40)42-3)26-30-16-17-39(33-9-5-4-8-32(30)33)18-19-43-22-23-45-25-24-44-21-20-41-2/h4-17,26-27H,18-25H2,1-3H3/q+1. The number of hydrogen-bond donors (Lipinski definition) is 0. The minimum absolute atomic E-state index is 0.351. The number of esters is 1. The van der Waals surface area contributed by atoms with E-state index in [1.165, 1.54) is 17.7 Å². The van der Waals surface area contributed by atoms with Crippen LogP contribution in [0.3, 0.4) is 0 Å². The Morgan fingerprint density at radius 1 is 0.783 bits per heavy atom. The molecule has 0 atom stereocenters. The number of hydrogen-bond acceptors (Lipinski definition) is 8. The molecule has 9 heteroatoms. The van der Waals surface area contributed by atoms with Crippen molar-refractivity contribution in [3.8, 4) is 0 Å². The Morgan fingerprint density at radius 3 is 2.15 bits per heavy atom. The van der Waals surface area contributed by atoms with Gasteiger partial charge in [-0.1, -0.05) is 48.2 Å². The lowest BCUT2D eigenvalue weighted by atomic mass is 9.99. The molecule has 1 aromatic heterocycles. The molecule has 1 aliphatic rings. The van der Waals surface area contributed by atoms with Crippen molar-refractivity contribution in [1.29, 1.82) is 0 Å². The summed E-state index contributed by atoms with van der Waals surface area (Å²) in [6.45, 7) is 4.60. The molecule has 0 spiro atoms. The summed E-state index contributed by atoms with van der Waals surface area (Å²) in [4.78, 5) is 15.6. The number of aromatic nitrogens is 1. The number of anilines is 1. The maximum atomic E-state index is 12.1. The van der Waals surface area contributed by atoms with E-state index in [0.29, 0.717) is 51.8 Å². The number of benzene rings is 3. The molecule has 8 nitrogen and oxygen atoms in total. The molecule has 2 heterocycles. The van der Waals surface area contributed by atoms with Gasteiger partial charge in [-0.15, -0.1) is 0 Å². The third-order valence-corrected chi connectivity index (χ3v) is 8.78. The number of fused-ring (bicyclic) bond motifs is 2. The Kier molecular flexibility index (Phi) is 12.4. The third kappa shape index (κ3) is 8.63. The summed E-state index contributed by atoms with van der Waals surface area (Å²) in [5, 5.41) is 2.26. The topological polar surface area (TPSA) is 70.3 Å². The molecular formula is C37H41N2O6S+. The Labute approximate surface area is 275 Å². The SMILES string of the molecule is COCCOCCOCCOCC[n+]1ccc(C=C(C=C2Sc3ccccc3N2C)c2ccc(C(=O)OC)cc2)c2ccccc21. The second kappa shape index (κ2) is 17.1. The number of carbonyl (C=O) groups excluding carboxylic acids is 1. The third-order valence-electron chi connectivity index (χ3n) is 7.61. The minimum Gasteiger partial charge on any atom is -0.465 e. The molecule has 0 saturated heterocycles. The highest BCUT2D eigenvalue weighted by molar-refractivity contribution is 8.03. The van der Waals surface area contributed by atoms with E-state index in [1.807, 2.05) is 24.3 Å². The number of para-hydroxylation sites is 2. The first-order valence-electron chi connectivity index (χ1n) is 15.3. The maximum absolute atomic E-state index is 12.1. The van der Waals surface area contributed by atoms with Crippen LogP contribution in [0.25, 0.3) is 22.6 Å².